The molecule has 3 rings (SSSR count). The Hall–Kier alpha value is -2.62. The van der Waals surface area contributed by atoms with Gasteiger partial charge < -0.3 is 4.52 Å². The predicted octanol–water partition coefficient (Wildman–Crippen LogP) is 1.72. The summed E-state index contributed by atoms with van der Waals surface area (Å²) in [5.41, 5.74) is 1.00. The number of benzene rings is 1. The topological polar surface area (TPSA) is 104 Å². The molecule has 1 atom stereocenters. The van der Waals surface area contributed by atoms with E-state index < -0.39 is 20.9 Å². The van der Waals surface area contributed by atoms with Gasteiger partial charge in [-0.1, -0.05) is 22.5 Å². The zero-order valence-corrected chi connectivity index (χ0v) is 14.4. The molecule has 2 heterocycles. The van der Waals surface area contributed by atoms with Gasteiger partial charge in [0.1, 0.15) is 11.1 Å². The minimum atomic E-state index is -3.53. The Balaban J connectivity index is 1.74. The van der Waals surface area contributed by atoms with E-state index in [0.29, 0.717) is 11.3 Å². The SMILES string of the molecule is CC(c1nc(-c2cccc(F)c2)no1)S(=O)(=O)CCc1cn(C)nn1. The molecule has 0 bridgehead atoms. The summed E-state index contributed by atoms with van der Waals surface area (Å²) in [5.74, 6) is -0.442. The molecule has 0 spiro atoms. The quantitative estimate of drug-likeness (QED) is 0.655. The summed E-state index contributed by atoms with van der Waals surface area (Å²) < 4.78 is 44.8. The lowest BCUT2D eigenvalue weighted by Gasteiger charge is -2.07. The Morgan fingerprint density at radius 1 is 1.36 bits per heavy atom. The zero-order chi connectivity index (χ0) is 18.0. The summed E-state index contributed by atoms with van der Waals surface area (Å²) in [5, 5.41) is 10.4. The minimum Gasteiger partial charge on any atom is -0.338 e. The molecule has 3 aromatic rings. The summed E-state index contributed by atoms with van der Waals surface area (Å²) in [6, 6.07) is 5.68. The average Bonchev–Trinajstić information content (AvgIpc) is 3.21. The predicted molar refractivity (Wildman–Crippen MR) is 86.6 cm³/mol. The van der Waals surface area contributed by atoms with E-state index in [1.165, 1.54) is 29.8 Å². The van der Waals surface area contributed by atoms with Crippen molar-refractivity contribution in [2.24, 2.45) is 7.05 Å². The van der Waals surface area contributed by atoms with Crippen molar-refractivity contribution in [3.05, 3.63) is 47.9 Å². The molecule has 8 nitrogen and oxygen atoms in total. The molecule has 0 N–H and O–H groups in total. The van der Waals surface area contributed by atoms with Gasteiger partial charge in [-0.25, -0.2) is 12.8 Å². The molecule has 0 saturated heterocycles. The van der Waals surface area contributed by atoms with Crippen LogP contribution in [0.3, 0.4) is 0 Å². The van der Waals surface area contributed by atoms with Crippen LogP contribution >= 0.6 is 0 Å². The highest BCUT2D eigenvalue weighted by molar-refractivity contribution is 7.91. The maximum absolute atomic E-state index is 13.3. The molecule has 1 unspecified atom stereocenters. The fourth-order valence-corrected chi connectivity index (χ4v) is 3.48. The van der Waals surface area contributed by atoms with Crippen LogP contribution in [0.1, 0.15) is 23.8 Å². The van der Waals surface area contributed by atoms with Gasteiger partial charge in [-0.15, -0.1) is 5.10 Å². The normalized spacial score (nSPS) is 13.1. The summed E-state index contributed by atoms with van der Waals surface area (Å²) in [6.45, 7) is 1.48. The van der Waals surface area contributed by atoms with Crippen LogP contribution < -0.4 is 0 Å². The third kappa shape index (κ3) is 3.90. The largest absolute Gasteiger partial charge is 0.338 e. The van der Waals surface area contributed by atoms with Crippen molar-refractivity contribution < 1.29 is 17.3 Å². The summed E-state index contributed by atoms with van der Waals surface area (Å²) in [4.78, 5) is 4.09. The number of nitrogens with zero attached hydrogens (tertiary/aromatic N) is 5. The van der Waals surface area contributed by atoms with Crippen LogP contribution in [0.15, 0.2) is 35.0 Å². The fraction of sp³-hybridized carbons (Fsp3) is 0.333. The van der Waals surface area contributed by atoms with E-state index in [9.17, 15) is 12.8 Å². The average molecular weight is 365 g/mol. The Bertz CT molecular complexity index is 982. The van der Waals surface area contributed by atoms with E-state index >= 15 is 0 Å². The van der Waals surface area contributed by atoms with E-state index in [2.05, 4.69) is 20.5 Å². The molecular weight excluding hydrogens is 349 g/mol. The highest BCUT2D eigenvalue weighted by Gasteiger charge is 2.28. The second-order valence-electron chi connectivity index (χ2n) is 5.61. The third-order valence-electron chi connectivity index (χ3n) is 3.70. The van der Waals surface area contributed by atoms with Gasteiger partial charge in [0.25, 0.3) is 0 Å². The first-order valence-electron chi connectivity index (χ1n) is 7.51. The first-order valence-corrected chi connectivity index (χ1v) is 9.23. The maximum atomic E-state index is 13.3. The molecule has 0 fully saturated rings. The smallest absolute Gasteiger partial charge is 0.245 e. The lowest BCUT2D eigenvalue weighted by molar-refractivity contribution is 0.377. The molecular formula is C15H16FN5O3S. The van der Waals surface area contributed by atoms with E-state index in [1.807, 2.05) is 0 Å². The molecule has 0 radical (unpaired) electrons. The highest BCUT2D eigenvalue weighted by Crippen LogP contribution is 2.24. The minimum absolute atomic E-state index is 0.0293. The van der Waals surface area contributed by atoms with Crippen LogP contribution in [0, 0.1) is 5.82 Å². The second kappa shape index (κ2) is 6.71. The molecule has 2 aromatic heterocycles. The van der Waals surface area contributed by atoms with Gasteiger partial charge >= 0.3 is 0 Å². The van der Waals surface area contributed by atoms with Crippen molar-refractivity contribution in [1.82, 2.24) is 25.1 Å². The van der Waals surface area contributed by atoms with Crippen molar-refractivity contribution in [3.8, 4) is 11.4 Å². The van der Waals surface area contributed by atoms with Crippen LogP contribution in [0.25, 0.3) is 11.4 Å². The number of hydrogen-bond acceptors (Lipinski definition) is 7. The maximum Gasteiger partial charge on any atom is 0.245 e. The van der Waals surface area contributed by atoms with E-state index in [4.69, 9.17) is 4.52 Å². The number of rotatable bonds is 6. The Labute approximate surface area is 143 Å². The van der Waals surface area contributed by atoms with Crippen LogP contribution in [-0.2, 0) is 23.3 Å². The van der Waals surface area contributed by atoms with Gasteiger partial charge in [-0.3, -0.25) is 4.68 Å². The summed E-state index contributed by atoms with van der Waals surface area (Å²) >= 11 is 0. The Morgan fingerprint density at radius 3 is 2.84 bits per heavy atom. The molecule has 0 aliphatic carbocycles. The second-order valence-corrected chi connectivity index (χ2v) is 8.05. The monoisotopic (exact) mass is 365 g/mol. The lowest BCUT2D eigenvalue weighted by Crippen LogP contribution is -2.16. The molecule has 25 heavy (non-hydrogen) atoms. The van der Waals surface area contributed by atoms with E-state index in [1.54, 1.807) is 19.3 Å². The van der Waals surface area contributed by atoms with Gasteiger partial charge in [0.05, 0.1) is 11.4 Å². The van der Waals surface area contributed by atoms with Gasteiger partial charge in [0.2, 0.25) is 11.7 Å². The first kappa shape index (κ1) is 17.2. The fourth-order valence-electron chi connectivity index (χ4n) is 2.23. The van der Waals surface area contributed by atoms with E-state index in [0.717, 1.165) is 0 Å². The number of hydrogen-bond donors (Lipinski definition) is 0. The van der Waals surface area contributed by atoms with Gasteiger partial charge in [-0.2, -0.15) is 4.98 Å². The summed E-state index contributed by atoms with van der Waals surface area (Å²) in [7, 11) is -1.82. The number of sulfone groups is 1. The first-order chi connectivity index (χ1) is 11.8. The van der Waals surface area contributed by atoms with Gasteiger partial charge in [0, 0.05) is 25.2 Å². The number of halogens is 1. The van der Waals surface area contributed by atoms with Crippen LogP contribution in [-0.4, -0.2) is 39.3 Å². The van der Waals surface area contributed by atoms with Gasteiger partial charge in [0.15, 0.2) is 9.84 Å². The molecule has 1 aromatic carbocycles. The van der Waals surface area contributed by atoms with Crippen molar-refractivity contribution in [1.29, 1.82) is 0 Å². The third-order valence-corrected chi connectivity index (χ3v) is 5.76. The summed E-state index contributed by atoms with van der Waals surface area (Å²) in [6.07, 6.45) is 1.90. The number of aromatic nitrogens is 5. The van der Waals surface area contributed by atoms with E-state index in [-0.39, 0.29) is 23.9 Å². The van der Waals surface area contributed by atoms with Crippen molar-refractivity contribution >= 4 is 9.84 Å². The molecule has 132 valence electrons. The lowest BCUT2D eigenvalue weighted by atomic mass is 10.2. The van der Waals surface area contributed by atoms with Crippen LogP contribution in [0.2, 0.25) is 0 Å². The standard InChI is InChI=1S/C15H16FN5O3S/c1-10(25(22,23)7-6-13-9-21(2)20-18-13)15-17-14(19-24-15)11-4-3-5-12(16)8-11/h3-5,8-10H,6-7H2,1-2H3. The highest BCUT2D eigenvalue weighted by atomic mass is 32.2. The van der Waals surface area contributed by atoms with Crippen LogP contribution in [0.5, 0.6) is 0 Å². The number of aryl methyl sites for hydroxylation is 2. The van der Waals surface area contributed by atoms with Crippen molar-refractivity contribution in [2.75, 3.05) is 5.75 Å². The molecule has 0 amide bonds. The molecule has 0 aliphatic heterocycles. The molecule has 0 aliphatic rings. The Kier molecular flexibility index (Phi) is 4.62. The van der Waals surface area contributed by atoms with Crippen LogP contribution in [0.4, 0.5) is 4.39 Å². The molecule has 10 heteroatoms. The van der Waals surface area contributed by atoms with Crippen molar-refractivity contribution in [2.45, 2.75) is 18.6 Å². The molecule has 0 saturated carbocycles. The van der Waals surface area contributed by atoms with Gasteiger partial charge in [-0.05, 0) is 19.1 Å². The Morgan fingerprint density at radius 2 is 2.16 bits per heavy atom. The van der Waals surface area contributed by atoms with Crippen molar-refractivity contribution in [3.63, 3.8) is 0 Å². The zero-order valence-electron chi connectivity index (χ0n) is 13.6.